The van der Waals surface area contributed by atoms with Crippen LogP contribution in [0.4, 0.5) is 0 Å². The lowest BCUT2D eigenvalue weighted by atomic mass is 9.32. The summed E-state index contributed by atoms with van der Waals surface area (Å²) in [6, 6.07) is 147. The lowest BCUT2D eigenvalue weighted by Crippen LogP contribution is -2.60. The summed E-state index contributed by atoms with van der Waals surface area (Å²) < 4.78 is 12.6. The Kier molecular flexibility index (Phi) is 16.6. The number of aryl methyl sites for hydroxylation is 5. The highest BCUT2D eigenvalue weighted by Gasteiger charge is 2.46. The largest absolute Gasteiger partial charge is 0.310 e. The third-order valence-corrected chi connectivity index (χ3v) is 33.9. The Bertz CT molecular complexity index is 9770. The van der Waals surface area contributed by atoms with Crippen molar-refractivity contribution >= 4 is 225 Å². The first-order valence-corrected chi connectivity index (χ1v) is 50.3. The summed E-state index contributed by atoms with van der Waals surface area (Å²) in [7, 11) is 0. The molecule has 0 N–H and O–H groups in total. The highest BCUT2D eigenvalue weighted by atomic mass is 15.0. The molecule has 10 aliphatic heterocycles. The van der Waals surface area contributed by atoms with E-state index in [-0.39, 0.29) is 0 Å². The number of fused-ring (bicyclic) bond motifs is 40. The van der Waals surface area contributed by atoms with Gasteiger partial charge in [-0.1, -0.05) is 384 Å². The number of rotatable bonds is 0. The van der Waals surface area contributed by atoms with Crippen LogP contribution in [-0.2, 0) is 32.1 Å². The lowest BCUT2D eigenvalue weighted by molar-refractivity contribution is 1.14. The molecule has 0 saturated heterocycles. The van der Waals surface area contributed by atoms with Crippen LogP contribution in [0.1, 0.15) is 83.5 Å². The highest BCUT2D eigenvalue weighted by molar-refractivity contribution is 7.02. The monoisotopic (exact) mass is 1780 g/mol. The van der Waals surface area contributed by atoms with Crippen molar-refractivity contribution in [1.29, 1.82) is 0 Å². The minimum Gasteiger partial charge on any atom is -0.310 e. The van der Waals surface area contributed by atoms with Crippen LogP contribution in [0, 0.1) is 34.6 Å². The maximum Gasteiger partial charge on any atom is 0.247 e. The van der Waals surface area contributed by atoms with Crippen molar-refractivity contribution in [1.82, 2.24) is 22.8 Å². The van der Waals surface area contributed by atoms with Crippen molar-refractivity contribution < 1.29 is 0 Å². The maximum atomic E-state index is 2.54. The fraction of sp³-hybridized carbons (Fsp3) is 0.0769. The summed E-state index contributed by atoms with van der Waals surface area (Å²) in [6.45, 7) is 12.8. The second kappa shape index (κ2) is 29.4. The Balaban J connectivity index is 0.0000000806. The first kappa shape index (κ1) is 78.9. The summed E-state index contributed by atoms with van der Waals surface area (Å²) in [5.41, 5.74) is 64.1. The van der Waals surface area contributed by atoms with Gasteiger partial charge >= 0.3 is 0 Å². The van der Waals surface area contributed by atoms with Crippen molar-refractivity contribution in [3.8, 4) is 28.4 Å². The Labute approximate surface area is 814 Å². The van der Waals surface area contributed by atoms with Crippen LogP contribution in [0.15, 0.2) is 394 Å². The van der Waals surface area contributed by atoms with Crippen LogP contribution in [0.3, 0.4) is 0 Å². The Morgan fingerprint density at radius 1 is 0.164 bits per heavy atom. The summed E-state index contributed by atoms with van der Waals surface area (Å²) in [6.07, 6.45) is 5.14. The second-order valence-electron chi connectivity index (χ2n) is 41.1. The number of hydrogen-bond acceptors (Lipinski definition) is 0. The van der Waals surface area contributed by atoms with Crippen LogP contribution >= 0.6 is 0 Å². The number of para-hydroxylation sites is 7. The van der Waals surface area contributed by atoms with E-state index in [1.165, 1.54) is 303 Å². The van der Waals surface area contributed by atoms with Gasteiger partial charge in [-0.2, -0.15) is 0 Å². The molecule has 5 aromatic heterocycles. The molecule has 0 unspecified atom stereocenters. The quantitative estimate of drug-likeness (QED) is 0.135. The SMILES string of the molecule is Cc1ccc2c(c1)-n1c3ccccc3c3ccc4c(c31)B2c1ccccc1C4.Cc1ccc2c(c1)B1c3ccccc3Cc3ccc4c5ccccc5n-2c4c31.Cc1cccc2c1-n1c3ccccc3c3ccc4c(c31)B2c1ccccc1C4.Cc1cccc2c1B1c3ccccc3Cc3ccc4c5ccccc5n-2c4c31.Cc1cccc2c3ccc4c5c3n(c12)-c1ccccc1B5c1ccccc1C4. The molecule has 25 aromatic rings. The van der Waals surface area contributed by atoms with Gasteiger partial charge in [-0.05, 0) is 242 Å². The van der Waals surface area contributed by atoms with Gasteiger partial charge in [0, 0.05) is 110 Å². The van der Waals surface area contributed by atoms with Gasteiger partial charge in [0.2, 0.25) is 33.6 Å². The fourth-order valence-electron chi connectivity index (χ4n) is 28.4. The van der Waals surface area contributed by atoms with Crippen LogP contribution in [0.25, 0.3) is 137 Å². The van der Waals surface area contributed by atoms with E-state index in [0.29, 0.717) is 33.6 Å². The Morgan fingerprint density at radius 3 is 0.957 bits per heavy atom. The second-order valence-corrected chi connectivity index (χ2v) is 41.1. The zero-order chi connectivity index (χ0) is 92.0. The predicted octanol–water partition coefficient (Wildman–Crippen LogP) is 19.1. The van der Waals surface area contributed by atoms with Gasteiger partial charge in [0.25, 0.3) is 0 Å². The fourth-order valence-corrected chi connectivity index (χ4v) is 28.4. The first-order valence-electron chi connectivity index (χ1n) is 50.3. The molecule has 5 nitrogen and oxygen atoms in total. The van der Waals surface area contributed by atoms with Gasteiger partial charge in [0.15, 0.2) is 0 Å². The molecule has 10 aliphatic rings. The molecule has 0 bridgehead atoms. The van der Waals surface area contributed by atoms with E-state index in [4.69, 9.17) is 0 Å². The highest BCUT2D eigenvalue weighted by Crippen LogP contribution is 2.44. The van der Waals surface area contributed by atoms with E-state index in [0.717, 1.165) is 32.1 Å². The summed E-state index contributed by atoms with van der Waals surface area (Å²) >= 11 is 0. The molecule has 35 rings (SSSR count). The number of benzene rings is 20. The number of hydrogen-bond donors (Lipinski definition) is 0. The minimum absolute atomic E-state index is 0.329. The molecule has 10 heteroatoms. The lowest BCUT2D eigenvalue weighted by Gasteiger charge is -2.34. The minimum atomic E-state index is 0.329. The molecule has 0 saturated carbocycles. The van der Waals surface area contributed by atoms with Gasteiger partial charge in [-0.25, -0.2) is 0 Å². The van der Waals surface area contributed by atoms with Crippen molar-refractivity contribution in [2.24, 2.45) is 0 Å². The van der Waals surface area contributed by atoms with Crippen LogP contribution in [0.5, 0.6) is 0 Å². The average Bonchev–Trinajstić information content (AvgIpc) is 1.54. The molecule has 0 amide bonds. The van der Waals surface area contributed by atoms with Crippen LogP contribution < -0.4 is 81.9 Å². The molecule has 15 heterocycles. The molecule has 0 aliphatic carbocycles. The standard InChI is InChI=1S/5C26H18BN/c1-16-7-6-11-22-25(16)28-23-12-5-3-9-19(23)20-14-13-18-15-17-8-2-4-10-21(17)27(22)24(18)26(20)28;1-16-7-6-12-23-24(16)27-21-10-4-2-8-17(21)15-18-13-14-20-19-9-3-5-11-22(19)28(23)26(20)25(18)27;1-16-10-13-24-22(14-16)27-21-8-4-2-6-17(21)15-18-11-12-20-19-7-3-5-9-23(19)28(24)26(20)25(18)27;1-16-10-13-22-24(14-16)28-23-9-5-3-7-19(23)20-12-11-18-15-17-6-2-4-8-21(17)27(22)25(18)26(20)28;1-16-7-6-9-19-20-14-13-18-15-17-8-2-3-10-21(17)27-22-11-4-5-12-23(22)28(25(16)19)26(20)24(18)27/h5*2-14H,15H2,1H3. The van der Waals surface area contributed by atoms with Crippen molar-refractivity contribution in [3.63, 3.8) is 0 Å². The third kappa shape index (κ3) is 10.7. The molecule has 0 radical (unpaired) electrons. The predicted molar refractivity (Wildman–Crippen MR) is 597 cm³/mol. The van der Waals surface area contributed by atoms with Crippen molar-refractivity contribution in [2.45, 2.75) is 66.7 Å². The summed E-state index contributed by atoms with van der Waals surface area (Å²) in [5, 5.41) is 13.7. The van der Waals surface area contributed by atoms with Gasteiger partial charge in [0.1, 0.15) is 0 Å². The molecule has 0 atom stereocenters. The molecular formula is C130H90B5N5. The number of aromatic nitrogens is 5. The topological polar surface area (TPSA) is 24.6 Å². The number of nitrogens with zero attached hydrogens (tertiary/aromatic N) is 5. The van der Waals surface area contributed by atoms with E-state index in [9.17, 15) is 0 Å². The molecule has 0 spiro atoms. The van der Waals surface area contributed by atoms with E-state index in [2.05, 4.69) is 452 Å². The van der Waals surface area contributed by atoms with Crippen molar-refractivity contribution in [2.75, 3.05) is 0 Å². The molecule has 0 fully saturated rings. The van der Waals surface area contributed by atoms with Crippen molar-refractivity contribution in [3.05, 3.63) is 478 Å². The summed E-state index contributed by atoms with van der Waals surface area (Å²) in [4.78, 5) is 0. The third-order valence-electron chi connectivity index (χ3n) is 33.9. The first-order chi connectivity index (χ1) is 69.1. The Hall–Kier alpha value is -16.3. The molecular weight excluding hydrogens is 1690 g/mol. The molecule has 140 heavy (non-hydrogen) atoms. The van der Waals surface area contributed by atoms with E-state index >= 15 is 0 Å². The molecule has 20 aromatic carbocycles. The van der Waals surface area contributed by atoms with Gasteiger partial charge < -0.3 is 22.8 Å². The van der Waals surface area contributed by atoms with Crippen LogP contribution in [-0.4, -0.2) is 56.4 Å². The zero-order valence-corrected chi connectivity index (χ0v) is 78.7. The van der Waals surface area contributed by atoms with Gasteiger partial charge in [0.05, 0.1) is 27.6 Å². The van der Waals surface area contributed by atoms with E-state index < -0.39 is 0 Å². The Morgan fingerprint density at radius 2 is 0.464 bits per heavy atom. The van der Waals surface area contributed by atoms with E-state index in [1.807, 2.05) is 0 Å². The summed E-state index contributed by atoms with van der Waals surface area (Å²) in [5.74, 6) is 0. The maximum absolute atomic E-state index is 2.54. The molecule has 650 valence electrons. The normalized spacial score (nSPS) is 13.7. The van der Waals surface area contributed by atoms with Gasteiger partial charge in [-0.3, -0.25) is 0 Å². The van der Waals surface area contributed by atoms with Gasteiger partial charge in [-0.15, -0.1) is 0 Å². The smallest absolute Gasteiger partial charge is 0.247 e. The zero-order valence-electron chi connectivity index (χ0n) is 78.7. The van der Waals surface area contributed by atoms with Crippen LogP contribution in [0.2, 0.25) is 0 Å². The van der Waals surface area contributed by atoms with E-state index in [1.54, 1.807) is 0 Å². The average molecular weight is 1780 g/mol.